The van der Waals surface area contributed by atoms with Gasteiger partial charge in [0, 0.05) is 5.56 Å². The second kappa shape index (κ2) is 6.94. The Hall–Kier alpha value is -2.17. The summed E-state index contributed by atoms with van der Waals surface area (Å²) in [5.74, 6) is 0.316. The molecule has 0 fully saturated rings. The number of hydrogen-bond donors (Lipinski definition) is 1. The van der Waals surface area contributed by atoms with Gasteiger partial charge in [-0.2, -0.15) is 0 Å². The predicted molar refractivity (Wildman–Crippen MR) is 87.7 cm³/mol. The Kier molecular flexibility index (Phi) is 4.74. The van der Waals surface area contributed by atoms with E-state index in [4.69, 9.17) is 9.47 Å². The van der Waals surface area contributed by atoms with Gasteiger partial charge in [-0.15, -0.1) is 0 Å². The van der Waals surface area contributed by atoms with Crippen molar-refractivity contribution in [2.24, 2.45) is 0 Å². The van der Waals surface area contributed by atoms with Crippen LogP contribution in [-0.2, 0) is 11.3 Å². The van der Waals surface area contributed by atoms with E-state index in [9.17, 15) is 9.50 Å². The molecule has 0 unspecified atom stereocenters. The topological polar surface area (TPSA) is 38.7 Å². The number of aliphatic hydroxyl groups is 1. The molecule has 0 atom stereocenters. The Morgan fingerprint density at radius 3 is 2.70 bits per heavy atom. The maximum atomic E-state index is 14.4. The summed E-state index contributed by atoms with van der Waals surface area (Å²) in [6, 6.07) is 10.3. The molecule has 0 amide bonds. The van der Waals surface area contributed by atoms with Gasteiger partial charge in [0.05, 0.1) is 26.9 Å². The molecule has 1 heterocycles. The van der Waals surface area contributed by atoms with Gasteiger partial charge < -0.3 is 14.6 Å². The first kappa shape index (κ1) is 15.7. The van der Waals surface area contributed by atoms with Gasteiger partial charge in [0.2, 0.25) is 0 Å². The molecule has 0 saturated heterocycles. The van der Waals surface area contributed by atoms with Crippen molar-refractivity contribution < 1.29 is 19.0 Å². The first-order valence-electron chi connectivity index (χ1n) is 7.58. The summed E-state index contributed by atoms with van der Waals surface area (Å²) in [6.45, 7) is 1.16. The average Bonchev–Trinajstić information content (AvgIpc) is 2.62. The second-order valence-electron chi connectivity index (χ2n) is 5.44. The Morgan fingerprint density at radius 2 is 2.00 bits per heavy atom. The quantitative estimate of drug-likeness (QED) is 0.933. The molecule has 120 valence electrons. The lowest BCUT2D eigenvalue weighted by molar-refractivity contribution is 0.161. The van der Waals surface area contributed by atoms with Crippen LogP contribution >= 0.6 is 0 Å². The summed E-state index contributed by atoms with van der Waals surface area (Å²) in [4.78, 5) is 0. The average molecular weight is 314 g/mol. The zero-order chi connectivity index (χ0) is 16.2. The highest BCUT2D eigenvalue weighted by Gasteiger charge is 2.16. The first-order chi connectivity index (χ1) is 11.2. The van der Waals surface area contributed by atoms with Crippen LogP contribution in [0.2, 0.25) is 0 Å². The molecular formula is C19H19FO3. The van der Waals surface area contributed by atoms with Crippen LogP contribution in [0.25, 0.3) is 16.7 Å². The van der Waals surface area contributed by atoms with Gasteiger partial charge in [0.25, 0.3) is 0 Å². The van der Waals surface area contributed by atoms with Gasteiger partial charge >= 0.3 is 0 Å². The number of ether oxygens (including phenoxy) is 2. The van der Waals surface area contributed by atoms with E-state index in [2.05, 4.69) is 0 Å². The predicted octanol–water partition coefficient (Wildman–Crippen LogP) is 3.80. The molecule has 23 heavy (non-hydrogen) atoms. The van der Waals surface area contributed by atoms with E-state index in [0.717, 1.165) is 28.7 Å². The molecule has 3 rings (SSSR count). The van der Waals surface area contributed by atoms with Crippen LogP contribution in [0.5, 0.6) is 5.75 Å². The number of hydrogen-bond acceptors (Lipinski definition) is 3. The van der Waals surface area contributed by atoms with Crippen molar-refractivity contribution >= 4 is 5.57 Å². The van der Waals surface area contributed by atoms with Crippen molar-refractivity contribution in [2.45, 2.75) is 13.0 Å². The maximum absolute atomic E-state index is 14.4. The normalized spacial score (nSPS) is 14.5. The molecule has 1 N–H and O–H groups in total. The minimum absolute atomic E-state index is 0.0440. The van der Waals surface area contributed by atoms with Gasteiger partial charge in [0.1, 0.15) is 11.6 Å². The smallest absolute Gasteiger partial charge is 0.131 e. The molecule has 0 saturated carbocycles. The van der Waals surface area contributed by atoms with E-state index in [0.29, 0.717) is 24.5 Å². The zero-order valence-electron chi connectivity index (χ0n) is 13.0. The summed E-state index contributed by atoms with van der Waals surface area (Å²) in [5.41, 5.74) is 4.15. The van der Waals surface area contributed by atoms with Crippen LogP contribution in [0.4, 0.5) is 4.39 Å². The van der Waals surface area contributed by atoms with Crippen molar-refractivity contribution in [3.05, 3.63) is 59.4 Å². The van der Waals surface area contributed by atoms with E-state index < -0.39 is 0 Å². The largest absolute Gasteiger partial charge is 0.497 e. The number of aliphatic hydroxyl groups excluding tert-OH is 1. The maximum Gasteiger partial charge on any atom is 0.131 e. The highest BCUT2D eigenvalue weighted by atomic mass is 19.1. The van der Waals surface area contributed by atoms with Gasteiger partial charge in [-0.05, 0) is 52.9 Å². The highest BCUT2D eigenvalue weighted by molar-refractivity contribution is 5.82. The van der Waals surface area contributed by atoms with Crippen molar-refractivity contribution in [2.75, 3.05) is 20.3 Å². The Bertz CT molecular complexity index is 737. The van der Waals surface area contributed by atoms with Crippen LogP contribution in [0.15, 0.2) is 42.5 Å². The SMILES string of the molecule is COc1ccc(F)c(-c2ccc(CO)cc2C2=CCOCC2)c1. The Balaban J connectivity index is 2.17. The molecule has 2 aromatic rings. The number of halogens is 1. The van der Waals surface area contributed by atoms with Gasteiger partial charge in [-0.1, -0.05) is 18.2 Å². The third kappa shape index (κ3) is 3.28. The lowest BCUT2D eigenvalue weighted by Gasteiger charge is -2.19. The molecule has 3 nitrogen and oxygen atoms in total. The second-order valence-corrected chi connectivity index (χ2v) is 5.44. The molecule has 0 aliphatic carbocycles. The van der Waals surface area contributed by atoms with E-state index >= 15 is 0 Å². The molecule has 4 heteroatoms. The van der Waals surface area contributed by atoms with E-state index in [-0.39, 0.29) is 12.4 Å². The molecule has 0 radical (unpaired) electrons. The van der Waals surface area contributed by atoms with Crippen molar-refractivity contribution in [3.63, 3.8) is 0 Å². The van der Waals surface area contributed by atoms with E-state index in [1.807, 2.05) is 24.3 Å². The van der Waals surface area contributed by atoms with Gasteiger partial charge in [-0.25, -0.2) is 4.39 Å². The number of benzene rings is 2. The van der Waals surface area contributed by atoms with Crippen LogP contribution < -0.4 is 4.74 Å². The van der Waals surface area contributed by atoms with Gasteiger partial charge in [-0.3, -0.25) is 0 Å². The van der Waals surface area contributed by atoms with Gasteiger partial charge in [0.15, 0.2) is 0 Å². The van der Waals surface area contributed by atoms with Crippen LogP contribution in [-0.4, -0.2) is 25.4 Å². The minimum Gasteiger partial charge on any atom is -0.497 e. The van der Waals surface area contributed by atoms with Crippen molar-refractivity contribution in [1.82, 2.24) is 0 Å². The van der Waals surface area contributed by atoms with E-state index in [1.165, 1.54) is 6.07 Å². The third-order valence-electron chi connectivity index (χ3n) is 4.04. The van der Waals surface area contributed by atoms with Crippen LogP contribution in [0, 0.1) is 5.82 Å². The van der Waals surface area contributed by atoms with E-state index in [1.54, 1.807) is 19.2 Å². The highest BCUT2D eigenvalue weighted by Crippen LogP contribution is 2.35. The monoisotopic (exact) mass is 314 g/mol. The van der Waals surface area contributed by atoms with Crippen LogP contribution in [0.1, 0.15) is 17.5 Å². The lowest BCUT2D eigenvalue weighted by Crippen LogP contribution is -2.05. The summed E-state index contributed by atoms with van der Waals surface area (Å²) in [6.07, 6.45) is 2.79. The Morgan fingerprint density at radius 1 is 1.13 bits per heavy atom. The number of rotatable bonds is 4. The molecule has 1 aliphatic rings. The van der Waals surface area contributed by atoms with Crippen LogP contribution in [0.3, 0.4) is 0 Å². The number of methoxy groups -OCH3 is 1. The first-order valence-corrected chi connectivity index (χ1v) is 7.58. The van der Waals surface area contributed by atoms with Crippen molar-refractivity contribution in [3.8, 4) is 16.9 Å². The zero-order valence-corrected chi connectivity index (χ0v) is 13.0. The fraction of sp³-hybridized carbons (Fsp3) is 0.263. The standard InChI is InChI=1S/C19H19FO3/c1-22-15-3-5-19(20)18(11-15)16-4-2-13(12-21)10-17(16)14-6-8-23-9-7-14/h2-6,10-11,21H,7-9,12H2,1H3. The molecular weight excluding hydrogens is 295 g/mol. The minimum atomic E-state index is -0.295. The molecule has 1 aliphatic heterocycles. The Labute approximate surface area is 135 Å². The lowest BCUT2D eigenvalue weighted by atomic mass is 9.90. The fourth-order valence-electron chi connectivity index (χ4n) is 2.80. The molecule has 2 aromatic carbocycles. The fourth-order valence-corrected chi connectivity index (χ4v) is 2.80. The molecule has 0 bridgehead atoms. The third-order valence-corrected chi connectivity index (χ3v) is 4.04. The molecule has 0 aromatic heterocycles. The van der Waals surface area contributed by atoms with Crippen molar-refractivity contribution in [1.29, 1.82) is 0 Å². The summed E-state index contributed by atoms with van der Waals surface area (Å²) in [5, 5.41) is 9.42. The summed E-state index contributed by atoms with van der Waals surface area (Å²) < 4.78 is 25.0. The summed E-state index contributed by atoms with van der Waals surface area (Å²) in [7, 11) is 1.56. The molecule has 0 spiro atoms. The summed E-state index contributed by atoms with van der Waals surface area (Å²) >= 11 is 0.